The third-order valence-corrected chi connectivity index (χ3v) is 3.09. The van der Waals surface area contributed by atoms with E-state index in [1.54, 1.807) is 42.7 Å². The molecular formula is C13H9Cl2NO. The summed E-state index contributed by atoms with van der Waals surface area (Å²) in [7, 11) is 0. The summed E-state index contributed by atoms with van der Waals surface area (Å²) < 4.78 is 0. The largest absolute Gasteiger partial charge is 0.294 e. The first kappa shape index (κ1) is 12.1. The highest BCUT2D eigenvalue weighted by molar-refractivity contribution is 6.42. The SMILES string of the molecule is O=C(Cc1ccc(Cl)c(Cl)c1)c1ccncc1. The molecule has 1 heterocycles. The highest BCUT2D eigenvalue weighted by Crippen LogP contribution is 2.23. The molecule has 0 saturated heterocycles. The Balaban J connectivity index is 2.16. The number of rotatable bonds is 3. The number of nitrogens with zero attached hydrogens (tertiary/aromatic N) is 1. The van der Waals surface area contributed by atoms with Gasteiger partial charge in [0, 0.05) is 24.4 Å². The molecule has 0 aliphatic heterocycles. The molecule has 0 aliphatic carbocycles. The highest BCUT2D eigenvalue weighted by atomic mass is 35.5. The van der Waals surface area contributed by atoms with Gasteiger partial charge in [-0.3, -0.25) is 9.78 Å². The van der Waals surface area contributed by atoms with Gasteiger partial charge in [-0.15, -0.1) is 0 Å². The van der Waals surface area contributed by atoms with Crippen molar-refractivity contribution in [3.63, 3.8) is 0 Å². The monoisotopic (exact) mass is 265 g/mol. The van der Waals surface area contributed by atoms with Gasteiger partial charge < -0.3 is 0 Å². The number of pyridine rings is 1. The van der Waals surface area contributed by atoms with Crippen molar-refractivity contribution in [1.82, 2.24) is 4.98 Å². The van der Waals surface area contributed by atoms with E-state index < -0.39 is 0 Å². The average molecular weight is 266 g/mol. The Bertz CT molecular complexity index is 540. The topological polar surface area (TPSA) is 30.0 Å². The fourth-order valence-electron chi connectivity index (χ4n) is 1.47. The standard InChI is InChI=1S/C13H9Cl2NO/c14-11-2-1-9(7-12(11)15)8-13(17)10-3-5-16-6-4-10/h1-7H,8H2. The fourth-order valence-corrected chi connectivity index (χ4v) is 1.80. The summed E-state index contributed by atoms with van der Waals surface area (Å²) in [6.07, 6.45) is 3.51. The van der Waals surface area contributed by atoms with Crippen molar-refractivity contribution >= 4 is 29.0 Å². The maximum Gasteiger partial charge on any atom is 0.167 e. The van der Waals surface area contributed by atoms with E-state index in [4.69, 9.17) is 23.2 Å². The molecule has 86 valence electrons. The number of carbonyl (C=O) groups is 1. The smallest absolute Gasteiger partial charge is 0.167 e. The van der Waals surface area contributed by atoms with Crippen LogP contribution < -0.4 is 0 Å². The predicted molar refractivity (Wildman–Crippen MR) is 68.7 cm³/mol. The molecule has 0 spiro atoms. The summed E-state index contributed by atoms with van der Waals surface area (Å²) >= 11 is 11.7. The lowest BCUT2D eigenvalue weighted by Gasteiger charge is -2.03. The average Bonchev–Trinajstić information content (AvgIpc) is 2.35. The second kappa shape index (κ2) is 5.30. The minimum atomic E-state index is 0.0331. The summed E-state index contributed by atoms with van der Waals surface area (Å²) in [6, 6.07) is 8.59. The van der Waals surface area contributed by atoms with Gasteiger partial charge >= 0.3 is 0 Å². The highest BCUT2D eigenvalue weighted by Gasteiger charge is 2.07. The zero-order chi connectivity index (χ0) is 12.3. The lowest BCUT2D eigenvalue weighted by Crippen LogP contribution is -2.03. The first-order valence-electron chi connectivity index (χ1n) is 5.04. The summed E-state index contributed by atoms with van der Waals surface area (Å²) in [5, 5.41) is 0.957. The third kappa shape index (κ3) is 3.05. The van der Waals surface area contributed by atoms with Crippen LogP contribution in [-0.4, -0.2) is 10.8 Å². The van der Waals surface area contributed by atoms with Crippen molar-refractivity contribution in [2.24, 2.45) is 0 Å². The zero-order valence-corrected chi connectivity index (χ0v) is 10.4. The Kier molecular flexibility index (Phi) is 3.77. The Morgan fingerprint density at radius 3 is 2.41 bits per heavy atom. The molecule has 17 heavy (non-hydrogen) atoms. The van der Waals surface area contributed by atoms with Gasteiger partial charge in [-0.2, -0.15) is 0 Å². The van der Waals surface area contributed by atoms with Crippen molar-refractivity contribution < 1.29 is 4.79 Å². The first-order chi connectivity index (χ1) is 8.16. The van der Waals surface area contributed by atoms with Crippen molar-refractivity contribution in [2.45, 2.75) is 6.42 Å². The molecule has 0 radical (unpaired) electrons. The number of aromatic nitrogens is 1. The van der Waals surface area contributed by atoms with E-state index in [-0.39, 0.29) is 5.78 Å². The number of ketones is 1. The lowest BCUT2D eigenvalue weighted by atomic mass is 10.0. The number of carbonyl (C=O) groups excluding carboxylic acids is 1. The van der Waals surface area contributed by atoms with E-state index in [1.807, 2.05) is 0 Å². The Hall–Kier alpha value is -1.38. The summed E-state index contributed by atoms with van der Waals surface area (Å²) in [4.78, 5) is 15.8. The van der Waals surface area contributed by atoms with Gasteiger partial charge in [-0.25, -0.2) is 0 Å². The van der Waals surface area contributed by atoms with Gasteiger partial charge in [-0.1, -0.05) is 29.3 Å². The zero-order valence-electron chi connectivity index (χ0n) is 8.86. The second-order valence-corrected chi connectivity index (χ2v) is 4.40. The molecule has 0 amide bonds. The van der Waals surface area contributed by atoms with E-state index in [1.165, 1.54) is 0 Å². The predicted octanol–water partition coefficient (Wildman–Crippen LogP) is 3.81. The molecule has 1 aromatic carbocycles. The van der Waals surface area contributed by atoms with Crippen LogP contribution in [0.4, 0.5) is 0 Å². The number of Topliss-reactive ketones (excluding diaryl/α,β-unsaturated/α-hetero) is 1. The fraction of sp³-hybridized carbons (Fsp3) is 0.0769. The van der Waals surface area contributed by atoms with Crippen LogP contribution in [0.2, 0.25) is 10.0 Å². The van der Waals surface area contributed by atoms with E-state index in [0.29, 0.717) is 22.0 Å². The van der Waals surface area contributed by atoms with Gasteiger partial charge in [0.15, 0.2) is 5.78 Å². The number of hydrogen-bond acceptors (Lipinski definition) is 2. The number of halogens is 2. The molecule has 0 saturated carbocycles. The van der Waals surface area contributed by atoms with Crippen LogP contribution in [0, 0.1) is 0 Å². The van der Waals surface area contributed by atoms with Gasteiger partial charge in [-0.05, 0) is 29.8 Å². The molecular weight excluding hydrogens is 257 g/mol. The molecule has 1 aromatic heterocycles. The molecule has 4 heteroatoms. The van der Waals surface area contributed by atoms with E-state index in [0.717, 1.165) is 5.56 Å². The third-order valence-electron chi connectivity index (χ3n) is 2.35. The van der Waals surface area contributed by atoms with Crippen molar-refractivity contribution in [2.75, 3.05) is 0 Å². The van der Waals surface area contributed by atoms with Crippen LogP contribution in [0.15, 0.2) is 42.7 Å². The molecule has 0 unspecified atom stereocenters. The minimum Gasteiger partial charge on any atom is -0.294 e. The number of benzene rings is 1. The summed E-state index contributed by atoms with van der Waals surface area (Å²) in [6.45, 7) is 0. The second-order valence-electron chi connectivity index (χ2n) is 3.58. The molecule has 0 N–H and O–H groups in total. The van der Waals surface area contributed by atoms with Crippen molar-refractivity contribution in [3.8, 4) is 0 Å². The van der Waals surface area contributed by atoms with Crippen LogP contribution in [0.5, 0.6) is 0 Å². The van der Waals surface area contributed by atoms with Crippen LogP contribution in [0.3, 0.4) is 0 Å². The van der Waals surface area contributed by atoms with E-state index in [2.05, 4.69) is 4.98 Å². The van der Waals surface area contributed by atoms with Gasteiger partial charge in [0.25, 0.3) is 0 Å². The first-order valence-corrected chi connectivity index (χ1v) is 5.79. The van der Waals surface area contributed by atoms with Crippen molar-refractivity contribution in [1.29, 1.82) is 0 Å². The summed E-state index contributed by atoms with van der Waals surface area (Å²) in [5.74, 6) is 0.0331. The Morgan fingerprint density at radius 2 is 1.76 bits per heavy atom. The number of hydrogen-bond donors (Lipinski definition) is 0. The maximum atomic E-state index is 11.9. The van der Waals surface area contributed by atoms with Crippen LogP contribution in [0.25, 0.3) is 0 Å². The molecule has 0 fully saturated rings. The minimum absolute atomic E-state index is 0.0331. The molecule has 0 atom stereocenters. The van der Waals surface area contributed by atoms with Crippen molar-refractivity contribution in [3.05, 3.63) is 63.9 Å². The Labute approximate surface area is 109 Å². The molecule has 2 aromatic rings. The van der Waals surface area contributed by atoms with Gasteiger partial charge in [0.2, 0.25) is 0 Å². The maximum absolute atomic E-state index is 11.9. The van der Waals surface area contributed by atoms with Gasteiger partial charge in [0.1, 0.15) is 0 Å². The molecule has 0 aliphatic rings. The van der Waals surface area contributed by atoms with Crippen LogP contribution in [0.1, 0.15) is 15.9 Å². The summed E-state index contributed by atoms with van der Waals surface area (Å²) in [5.41, 5.74) is 1.49. The molecule has 2 rings (SSSR count). The Morgan fingerprint density at radius 1 is 1.06 bits per heavy atom. The van der Waals surface area contributed by atoms with Crippen LogP contribution >= 0.6 is 23.2 Å². The van der Waals surface area contributed by atoms with Crippen LogP contribution in [-0.2, 0) is 6.42 Å². The molecule has 0 bridgehead atoms. The van der Waals surface area contributed by atoms with E-state index >= 15 is 0 Å². The normalized spacial score (nSPS) is 10.2. The quantitative estimate of drug-likeness (QED) is 0.790. The van der Waals surface area contributed by atoms with Gasteiger partial charge in [0.05, 0.1) is 10.0 Å². The van der Waals surface area contributed by atoms with E-state index in [9.17, 15) is 4.79 Å². The lowest BCUT2D eigenvalue weighted by molar-refractivity contribution is 0.0993. The molecule has 2 nitrogen and oxygen atoms in total.